The molecular formula is C19H23N3O3S. The quantitative estimate of drug-likeness (QED) is 0.725. The van der Waals surface area contributed by atoms with E-state index in [1.54, 1.807) is 0 Å². The van der Waals surface area contributed by atoms with Crippen LogP contribution in [0.2, 0.25) is 0 Å². The molecule has 1 unspecified atom stereocenters. The minimum absolute atomic E-state index is 0.0270. The van der Waals surface area contributed by atoms with E-state index in [9.17, 15) is 9.59 Å². The number of morpholine rings is 1. The van der Waals surface area contributed by atoms with Crippen LogP contribution in [0.4, 0.5) is 0 Å². The molecule has 1 saturated heterocycles. The second-order valence-electron chi connectivity index (χ2n) is 7.06. The van der Waals surface area contributed by atoms with Crippen LogP contribution in [0.1, 0.15) is 32.2 Å². The van der Waals surface area contributed by atoms with Gasteiger partial charge < -0.3 is 4.74 Å². The second-order valence-corrected chi connectivity index (χ2v) is 7.89. The summed E-state index contributed by atoms with van der Waals surface area (Å²) in [4.78, 5) is 31.3. The number of likely N-dealkylation sites (N-methyl/N-ethyl adjacent to an activating group) is 1. The Morgan fingerprint density at radius 1 is 1.35 bits per heavy atom. The zero-order valence-electron chi connectivity index (χ0n) is 15.3. The number of benzene rings is 1. The normalized spacial score (nSPS) is 20.0. The predicted molar refractivity (Wildman–Crippen MR) is 99.9 cm³/mol. The van der Waals surface area contributed by atoms with Crippen molar-refractivity contribution in [3.63, 3.8) is 0 Å². The lowest BCUT2D eigenvalue weighted by Crippen LogP contribution is -2.57. The smallest absolute Gasteiger partial charge is 0.324 e. The Kier molecular flexibility index (Phi) is 5.48. The first-order valence-corrected chi connectivity index (χ1v) is 9.52. The van der Waals surface area contributed by atoms with Gasteiger partial charge in [-0.2, -0.15) is 4.37 Å². The van der Waals surface area contributed by atoms with E-state index in [-0.39, 0.29) is 24.6 Å². The summed E-state index contributed by atoms with van der Waals surface area (Å²) >= 11 is 1.23. The molecule has 0 spiro atoms. The Morgan fingerprint density at radius 3 is 2.77 bits per heavy atom. The third-order valence-corrected chi connectivity index (χ3v) is 5.06. The first-order valence-electron chi connectivity index (χ1n) is 8.74. The lowest BCUT2D eigenvalue weighted by atomic mass is 10.00. The van der Waals surface area contributed by atoms with Crippen LogP contribution in [0.3, 0.4) is 0 Å². The number of hydrogen-bond donors (Lipinski definition) is 0. The maximum atomic E-state index is 12.5. The standard InChI is InChI=1S/C19H23N3O3S/c1-4-22-12-19(2,3)25-18(24)15(22)10-14(23)11-16-20-17(21-26-16)13-8-6-5-7-9-13/h5-9,15H,4,10-12H2,1-3H3. The second kappa shape index (κ2) is 7.63. The molecule has 3 rings (SSSR count). The van der Waals surface area contributed by atoms with Crippen LogP contribution < -0.4 is 0 Å². The maximum Gasteiger partial charge on any atom is 0.324 e. The number of aromatic nitrogens is 2. The Balaban J connectivity index is 1.64. The molecule has 0 bridgehead atoms. The number of esters is 1. The van der Waals surface area contributed by atoms with E-state index in [1.165, 1.54) is 11.5 Å². The molecule has 1 aliphatic rings. The summed E-state index contributed by atoms with van der Waals surface area (Å²) in [6.07, 6.45) is 0.332. The van der Waals surface area contributed by atoms with Crippen molar-refractivity contribution in [2.24, 2.45) is 0 Å². The Morgan fingerprint density at radius 2 is 2.08 bits per heavy atom. The summed E-state index contributed by atoms with van der Waals surface area (Å²) in [5.74, 6) is 0.284. The van der Waals surface area contributed by atoms with Gasteiger partial charge in [-0.15, -0.1) is 0 Å². The number of hydrogen-bond acceptors (Lipinski definition) is 7. The fourth-order valence-electron chi connectivity index (χ4n) is 3.15. The number of cyclic esters (lactones) is 1. The fraction of sp³-hybridized carbons (Fsp3) is 0.474. The number of ketones is 1. The van der Waals surface area contributed by atoms with Gasteiger partial charge in [-0.3, -0.25) is 14.5 Å². The molecular weight excluding hydrogens is 350 g/mol. The van der Waals surface area contributed by atoms with Gasteiger partial charge in [0.2, 0.25) is 0 Å². The van der Waals surface area contributed by atoms with Gasteiger partial charge in [0, 0.05) is 18.5 Å². The van der Waals surface area contributed by atoms with Crippen LogP contribution >= 0.6 is 11.5 Å². The topological polar surface area (TPSA) is 72.4 Å². The largest absolute Gasteiger partial charge is 0.457 e. The van der Waals surface area contributed by atoms with Gasteiger partial charge in [-0.05, 0) is 31.9 Å². The Hall–Kier alpha value is -2.12. The van der Waals surface area contributed by atoms with Crippen LogP contribution in [0.5, 0.6) is 0 Å². The van der Waals surface area contributed by atoms with Crippen LogP contribution in [0.15, 0.2) is 30.3 Å². The van der Waals surface area contributed by atoms with E-state index >= 15 is 0 Å². The molecule has 0 N–H and O–H groups in total. The molecule has 0 aliphatic carbocycles. The van der Waals surface area contributed by atoms with Crippen LogP contribution in [-0.2, 0) is 20.7 Å². The molecule has 1 atom stereocenters. The summed E-state index contributed by atoms with van der Waals surface area (Å²) < 4.78 is 9.80. The highest BCUT2D eigenvalue weighted by molar-refractivity contribution is 7.05. The van der Waals surface area contributed by atoms with Gasteiger partial charge in [0.25, 0.3) is 0 Å². The maximum absolute atomic E-state index is 12.5. The van der Waals surface area contributed by atoms with Crippen molar-refractivity contribution in [3.05, 3.63) is 35.3 Å². The first-order chi connectivity index (χ1) is 12.4. The van der Waals surface area contributed by atoms with Crippen molar-refractivity contribution in [2.75, 3.05) is 13.1 Å². The molecule has 1 aromatic carbocycles. The first kappa shape index (κ1) is 18.7. The molecule has 1 aromatic heterocycles. The van der Waals surface area contributed by atoms with E-state index in [2.05, 4.69) is 9.36 Å². The minimum Gasteiger partial charge on any atom is -0.457 e. The number of rotatable bonds is 6. The fourth-order valence-corrected chi connectivity index (χ4v) is 3.84. The summed E-state index contributed by atoms with van der Waals surface area (Å²) in [6.45, 7) is 7.09. The zero-order valence-corrected chi connectivity index (χ0v) is 16.1. The molecule has 0 amide bonds. The molecule has 2 heterocycles. The SMILES string of the molecule is CCN1CC(C)(C)OC(=O)C1CC(=O)Cc1nc(-c2ccccc2)ns1. The molecule has 7 heteroatoms. The van der Waals surface area contributed by atoms with Crippen molar-refractivity contribution in [3.8, 4) is 11.4 Å². The molecule has 2 aromatic rings. The summed E-state index contributed by atoms with van der Waals surface area (Å²) in [5, 5.41) is 0.668. The molecule has 0 radical (unpaired) electrons. The molecule has 138 valence electrons. The molecule has 1 fully saturated rings. The minimum atomic E-state index is -0.517. The van der Waals surface area contributed by atoms with Gasteiger partial charge in [-0.25, -0.2) is 4.98 Å². The third-order valence-electron chi connectivity index (χ3n) is 4.35. The van der Waals surface area contributed by atoms with Crippen molar-refractivity contribution in [1.82, 2.24) is 14.3 Å². The molecule has 6 nitrogen and oxygen atoms in total. The van der Waals surface area contributed by atoms with E-state index in [4.69, 9.17) is 4.74 Å². The Labute approximate surface area is 157 Å². The van der Waals surface area contributed by atoms with Crippen LogP contribution in [0, 0.1) is 0 Å². The van der Waals surface area contributed by atoms with E-state index in [0.717, 1.165) is 5.56 Å². The predicted octanol–water partition coefficient (Wildman–Crippen LogP) is 2.73. The van der Waals surface area contributed by atoms with Gasteiger partial charge >= 0.3 is 5.97 Å². The van der Waals surface area contributed by atoms with Gasteiger partial charge in [0.05, 0.1) is 6.42 Å². The number of carbonyl (C=O) groups excluding carboxylic acids is 2. The van der Waals surface area contributed by atoms with Crippen LogP contribution in [0.25, 0.3) is 11.4 Å². The van der Waals surface area contributed by atoms with E-state index < -0.39 is 11.6 Å². The molecule has 0 saturated carbocycles. The van der Waals surface area contributed by atoms with E-state index in [1.807, 2.05) is 56.0 Å². The lowest BCUT2D eigenvalue weighted by molar-refractivity contribution is -0.178. The number of carbonyl (C=O) groups is 2. The zero-order chi connectivity index (χ0) is 18.7. The third kappa shape index (κ3) is 4.34. The van der Waals surface area contributed by atoms with Crippen molar-refractivity contribution < 1.29 is 14.3 Å². The lowest BCUT2D eigenvalue weighted by Gasteiger charge is -2.41. The molecule has 26 heavy (non-hydrogen) atoms. The van der Waals surface area contributed by atoms with Crippen molar-refractivity contribution in [2.45, 2.75) is 45.3 Å². The van der Waals surface area contributed by atoms with Gasteiger partial charge in [0.1, 0.15) is 22.4 Å². The monoisotopic (exact) mass is 373 g/mol. The highest BCUT2D eigenvalue weighted by Gasteiger charge is 2.40. The average Bonchev–Trinajstić information content (AvgIpc) is 3.05. The summed E-state index contributed by atoms with van der Waals surface area (Å²) in [5.41, 5.74) is 0.411. The number of nitrogens with zero attached hydrogens (tertiary/aromatic N) is 3. The number of ether oxygens (including phenoxy) is 1. The van der Waals surface area contributed by atoms with Crippen molar-refractivity contribution >= 4 is 23.3 Å². The summed E-state index contributed by atoms with van der Waals surface area (Å²) in [6, 6.07) is 9.15. The highest BCUT2D eigenvalue weighted by atomic mass is 32.1. The molecule has 1 aliphatic heterocycles. The van der Waals surface area contributed by atoms with Crippen LogP contribution in [-0.4, -0.2) is 50.7 Å². The Bertz CT molecular complexity index is 788. The summed E-state index contributed by atoms with van der Waals surface area (Å²) in [7, 11) is 0. The average molecular weight is 373 g/mol. The van der Waals surface area contributed by atoms with Gasteiger partial charge in [-0.1, -0.05) is 37.3 Å². The van der Waals surface area contributed by atoms with Crippen molar-refractivity contribution in [1.29, 1.82) is 0 Å². The van der Waals surface area contributed by atoms with E-state index in [0.29, 0.717) is 23.9 Å². The number of Topliss-reactive ketones (excluding diaryl/α,β-unsaturated/α-hetero) is 1. The highest BCUT2D eigenvalue weighted by Crippen LogP contribution is 2.24. The van der Waals surface area contributed by atoms with Gasteiger partial charge in [0.15, 0.2) is 5.82 Å².